The molecule has 1 saturated heterocycles. The summed E-state index contributed by atoms with van der Waals surface area (Å²) < 4.78 is 11.4. The van der Waals surface area contributed by atoms with Crippen LogP contribution >= 0.6 is 0 Å². The second-order valence-electron chi connectivity index (χ2n) is 6.63. The topological polar surface area (TPSA) is 71.8 Å². The summed E-state index contributed by atoms with van der Waals surface area (Å²) in [4.78, 5) is 4.36. The maximum atomic E-state index is 10.8. The van der Waals surface area contributed by atoms with Crippen LogP contribution in [0, 0.1) is 0 Å². The molecule has 0 aromatic carbocycles. The van der Waals surface area contributed by atoms with Gasteiger partial charge in [-0.15, -0.1) is 0 Å². The first kappa shape index (κ1) is 14.9. The minimum Gasteiger partial charge on any atom is -0.386 e. The Morgan fingerprint density at radius 2 is 1.71 bits per heavy atom. The fourth-order valence-corrected chi connectivity index (χ4v) is 3.12. The van der Waals surface area contributed by atoms with Crippen LogP contribution in [0.5, 0.6) is 0 Å². The highest BCUT2D eigenvalue weighted by molar-refractivity contribution is 5.23. The lowest BCUT2D eigenvalue weighted by molar-refractivity contribution is -0.204. The molecule has 1 aromatic heterocycles. The molecule has 0 amide bonds. The summed E-state index contributed by atoms with van der Waals surface area (Å²) in [6.45, 7) is 4.71. The van der Waals surface area contributed by atoms with Crippen LogP contribution in [0.4, 0.5) is 0 Å². The minimum atomic E-state index is -0.932. The molecule has 0 unspecified atom stereocenters. The van der Waals surface area contributed by atoms with E-state index >= 15 is 0 Å². The number of hydrogen-bond acceptors (Lipinski definition) is 5. The third-order valence-electron chi connectivity index (χ3n) is 4.60. The second-order valence-corrected chi connectivity index (χ2v) is 6.63. The van der Waals surface area contributed by atoms with E-state index in [2.05, 4.69) is 4.98 Å². The van der Waals surface area contributed by atoms with Gasteiger partial charge in [-0.3, -0.25) is 4.98 Å². The van der Waals surface area contributed by atoms with E-state index in [4.69, 9.17) is 9.47 Å². The Morgan fingerprint density at radius 1 is 1.10 bits per heavy atom. The van der Waals surface area contributed by atoms with Gasteiger partial charge in [0.25, 0.3) is 0 Å². The molecule has 2 N–H and O–H groups in total. The lowest BCUT2D eigenvalue weighted by Crippen LogP contribution is -2.42. The van der Waals surface area contributed by atoms with Crippen molar-refractivity contribution in [3.63, 3.8) is 0 Å². The van der Waals surface area contributed by atoms with Gasteiger partial charge in [-0.2, -0.15) is 0 Å². The Kier molecular flexibility index (Phi) is 3.56. The van der Waals surface area contributed by atoms with E-state index in [9.17, 15) is 10.2 Å². The predicted molar refractivity (Wildman–Crippen MR) is 76.5 cm³/mol. The maximum Gasteiger partial charge on any atom is 0.168 e. The van der Waals surface area contributed by atoms with Crippen LogP contribution in [0.3, 0.4) is 0 Å². The zero-order chi connectivity index (χ0) is 15.1. The Hall–Kier alpha value is -1.01. The Labute approximate surface area is 124 Å². The molecule has 2 aliphatic rings. The first-order chi connectivity index (χ1) is 9.83. The zero-order valence-corrected chi connectivity index (χ0v) is 12.6. The Morgan fingerprint density at radius 3 is 2.19 bits per heavy atom. The molecule has 3 rings (SSSR count). The van der Waals surface area contributed by atoms with Crippen molar-refractivity contribution in [2.24, 2.45) is 0 Å². The van der Waals surface area contributed by atoms with Crippen LogP contribution in [0.25, 0.3) is 0 Å². The van der Waals surface area contributed by atoms with Crippen molar-refractivity contribution in [2.75, 3.05) is 13.2 Å². The highest BCUT2D eigenvalue weighted by Crippen LogP contribution is 2.44. The van der Waals surface area contributed by atoms with Crippen molar-refractivity contribution in [1.29, 1.82) is 0 Å². The molecule has 5 nitrogen and oxygen atoms in total. The van der Waals surface area contributed by atoms with Crippen LogP contribution in [0.2, 0.25) is 0 Å². The van der Waals surface area contributed by atoms with Gasteiger partial charge in [-0.1, -0.05) is 6.07 Å². The summed E-state index contributed by atoms with van der Waals surface area (Å²) in [6.07, 6.45) is 4.14. The number of nitrogens with zero attached hydrogens (tertiary/aromatic N) is 1. The molecule has 5 heteroatoms. The summed E-state index contributed by atoms with van der Waals surface area (Å²) in [6, 6.07) is 3.63. The van der Waals surface area contributed by atoms with Crippen LogP contribution < -0.4 is 0 Å². The van der Waals surface area contributed by atoms with Crippen LogP contribution in [0.15, 0.2) is 18.3 Å². The molecular weight excluding hydrogens is 270 g/mol. The molecule has 0 bridgehead atoms. The first-order valence-corrected chi connectivity index (χ1v) is 7.53. The first-order valence-electron chi connectivity index (χ1n) is 7.53. The van der Waals surface area contributed by atoms with Gasteiger partial charge in [0, 0.05) is 24.6 Å². The molecule has 1 saturated carbocycles. The van der Waals surface area contributed by atoms with Gasteiger partial charge in [-0.25, -0.2) is 0 Å². The molecule has 0 atom stereocenters. The van der Waals surface area contributed by atoms with Gasteiger partial charge >= 0.3 is 0 Å². The van der Waals surface area contributed by atoms with Crippen molar-refractivity contribution in [3.8, 4) is 0 Å². The van der Waals surface area contributed by atoms with Crippen LogP contribution in [-0.2, 0) is 20.7 Å². The third kappa shape index (κ3) is 2.83. The summed E-state index contributed by atoms with van der Waals surface area (Å²) >= 11 is 0. The highest BCUT2D eigenvalue weighted by Gasteiger charge is 2.46. The number of ether oxygens (including phenoxy) is 2. The predicted octanol–water partition coefficient (Wildman–Crippen LogP) is 1.81. The molecule has 2 heterocycles. The normalized spacial score (nSPS) is 24.4. The number of aliphatic hydroxyl groups is 2. The number of hydrogen-bond donors (Lipinski definition) is 2. The summed E-state index contributed by atoms with van der Waals surface area (Å²) in [5, 5.41) is 20.8. The van der Waals surface area contributed by atoms with Crippen molar-refractivity contribution in [3.05, 3.63) is 29.6 Å². The van der Waals surface area contributed by atoms with E-state index in [0.717, 1.165) is 5.56 Å². The fraction of sp³-hybridized carbons (Fsp3) is 0.688. The third-order valence-corrected chi connectivity index (χ3v) is 4.60. The van der Waals surface area contributed by atoms with E-state index in [1.54, 1.807) is 20.0 Å². The Bertz CT molecular complexity index is 490. The molecule has 2 fully saturated rings. The number of aromatic nitrogens is 1. The van der Waals surface area contributed by atoms with Crippen molar-refractivity contribution in [1.82, 2.24) is 4.98 Å². The molecule has 21 heavy (non-hydrogen) atoms. The number of rotatable bonds is 2. The molecule has 0 radical (unpaired) electrons. The molecule has 1 spiro atoms. The smallest absolute Gasteiger partial charge is 0.168 e. The number of pyridine rings is 1. The average molecular weight is 293 g/mol. The molecule has 1 aromatic rings. The molecule has 1 aliphatic heterocycles. The minimum absolute atomic E-state index is 0.487. The van der Waals surface area contributed by atoms with Gasteiger partial charge < -0.3 is 19.7 Å². The molecular formula is C16H23NO4. The SMILES string of the molecule is CC(C)(O)c1ccc(C2(O)CCC3(CC2)OCCO3)nc1. The standard InChI is InChI=1S/C16H23NO4/c1-14(2,18)12-3-4-13(17-11-12)15(19)5-7-16(8-6-15)20-9-10-21-16/h3-4,11,18-19H,5-10H2,1-2H3. The maximum absolute atomic E-state index is 10.8. The fourth-order valence-electron chi connectivity index (χ4n) is 3.12. The van der Waals surface area contributed by atoms with Gasteiger partial charge in [0.2, 0.25) is 0 Å². The Balaban J connectivity index is 1.74. The van der Waals surface area contributed by atoms with E-state index < -0.39 is 17.0 Å². The van der Waals surface area contributed by atoms with Gasteiger partial charge in [0.05, 0.1) is 24.5 Å². The summed E-state index contributed by atoms with van der Waals surface area (Å²) in [5.74, 6) is -0.487. The van der Waals surface area contributed by atoms with Crippen molar-refractivity contribution >= 4 is 0 Å². The monoisotopic (exact) mass is 293 g/mol. The van der Waals surface area contributed by atoms with E-state index in [0.29, 0.717) is 44.6 Å². The van der Waals surface area contributed by atoms with E-state index in [1.165, 1.54) is 0 Å². The lowest BCUT2D eigenvalue weighted by atomic mass is 9.79. The average Bonchev–Trinajstić information content (AvgIpc) is 2.91. The largest absolute Gasteiger partial charge is 0.386 e. The van der Waals surface area contributed by atoms with Crippen molar-refractivity contribution in [2.45, 2.75) is 56.5 Å². The van der Waals surface area contributed by atoms with E-state index in [1.807, 2.05) is 12.1 Å². The molecule has 1 aliphatic carbocycles. The zero-order valence-electron chi connectivity index (χ0n) is 12.6. The highest BCUT2D eigenvalue weighted by atomic mass is 16.7. The van der Waals surface area contributed by atoms with E-state index in [-0.39, 0.29) is 0 Å². The van der Waals surface area contributed by atoms with Crippen LogP contribution in [0.1, 0.15) is 50.8 Å². The van der Waals surface area contributed by atoms with Crippen molar-refractivity contribution < 1.29 is 19.7 Å². The van der Waals surface area contributed by atoms with Gasteiger partial charge in [-0.05, 0) is 32.8 Å². The summed E-state index contributed by atoms with van der Waals surface area (Å²) in [7, 11) is 0. The second kappa shape index (κ2) is 5.02. The summed E-state index contributed by atoms with van der Waals surface area (Å²) in [5.41, 5.74) is -0.456. The van der Waals surface area contributed by atoms with Gasteiger partial charge in [0.1, 0.15) is 5.60 Å². The van der Waals surface area contributed by atoms with Crippen LogP contribution in [-0.4, -0.2) is 34.2 Å². The van der Waals surface area contributed by atoms with Gasteiger partial charge in [0.15, 0.2) is 5.79 Å². The quantitative estimate of drug-likeness (QED) is 0.870. The molecule has 116 valence electrons. The lowest BCUT2D eigenvalue weighted by Gasteiger charge is -2.40.